The van der Waals surface area contributed by atoms with Crippen molar-refractivity contribution in [3.05, 3.63) is 158 Å². The predicted molar refractivity (Wildman–Crippen MR) is 203 cm³/mol. The molecule has 47 heavy (non-hydrogen) atoms. The van der Waals surface area contributed by atoms with Gasteiger partial charge in [-0.25, -0.2) is 0 Å². The lowest BCUT2D eigenvalue weighted by molar-refractivity contribution is 1.18. The third-order valence-electron chi connectivity index (χ3n) is 10.0. The maximum atomic E-state index is 2.51. The molecule has 218 valence electrons. The smallest absolute Gasteiger partial charge is 0.0641 e. The van der Waals surface area contributed by atoms with Crippen LogP contribution in [0.1, 0.15) is 0 Å². The number of rotatable bonds is 2. The highest BCUT2D eigenvalue weighted by Crippen LogP contribution is 2.44. The van der Waals surface area contributed by atoms with Gasteiger partial charge in [0.05, 0.1) is 22.1 Å². The van der Waals surface area contributed by atoms with Gasteiger partial charge in [-0.1, -0.05) is 109 Å². The molecule has 0 aliphatic carbocycles. The topological polar surface area (TPSA) is 9.86 Å². The second kappa shape index (κ2) is 9.32. The molecule has 0 spiro atoms. The molecule has 11 rings (SSSR count). The number of aromatic nitrogens is 2. The first kappa shape index (κ1) is 25.3. The van der Waals surface area contributed by atoms with Crippen LogP contribution in [0.15, 0.2) is 158 Å². The molecule has 3 aromatic heterocycles. The van der Waals surface area contributed by atoms with E-state index in [1.54, 1.807) is 0 Å². The van der Waals surface area contributed by atoms with Crippen LogP contribution in [0.2, 0.25) is 0 Å². The van der Waals surface area contributed by atoms with Gasteiger partial charge >= 0.3 is 0 Å². The van der Waals surface area contributed by atoms with Gasteiger partial charge in [-0.2, -0.15) is 0 Å². The molecule has 0 saturated carbocycles. The number of benzene rings is 8. The summed E-state index contributed by atoms with van der Waals surface area (Å²) in [5, 5.41) is 12.9. The van der Waals surface area contributed by atoms with Crippen molar-refractivity contribution in [2.24, 2.45) is 0 Å². The third-order valence-corrected chi connectivity index (χ3v) is 11.3. The molecule has 0 aliphatic heterocycles. The van der Waals surface area contributed by atoms with Crippen LogP contribution in [0.5, 0.6) is 0 Å². The zero-order chi connectivity index (χ0) is 30.6. The molecule has 3 heteroatoms. The Hall–Kier alpha value is -5.90. The fourth-order valence-electron chi connectivity index (χ4n) is 8.00. The molecule has 2 nitrogen and oxygen atoms in total. The lowest BCUT2D eigenvalue weighted by Gasteiger charge is -2.10. The second-order valence-electron chi connectivity index (χ2n) is 12.5. The summed E-state index contributed by atoms with van der Waals surface area (Å²) in [7, 11) is 0. The largest absolute Gasteiger partial charge is 0.309 e. The van der Waals surface area contributed by atoms with E-state index in [-0.39, 0.29) is 0 Å². The van der Waals surface area contributed by atoms with Crippen molar-refractivity contribution >= 4 is 96.7 Å². The standard InChI is InChI=1S/C44H26N2S/c1-2-13-30(14-3-1)45-39-23-22-35-33-16-8-9-17-38(33)46(43(35)42(39)37-24-28-11-4-5-12-29(28)25-40(37)45)31-19-21-34-36-20-18-27-10-6-7-15-32(27)44(36)47-41(34)26-31/h1-26H. The van der Waals surface area contributed by atoms with Gasteiger partial charge in [0, 0.05) is 53.1 Å². The summed E-state index contributed by atoms with van der Waals surface area (Å²) >= 11 is 1.90. The van der Waals surface area contributed by atoms with Crippen molar-refractivity contribution in [3.63, 3.8) is 0 Å². The summed E-state index contributed by atoms with van der Waals surface area (Å²) in [5.74, 6) is 0. The first-order valence-electron chi connectivity index (χ1n) is 16.1. The van der Waals surface area contributed by atoms with Crippen LogP contribution in [0.3, 0.4) is 0 Å². The van der Waals surface area contributed by atoms with E-state index in [4.69, 9.17) is 0 Å². The quantitative estimate of drug-likeness (QED) is 0.183. The molecule has 11 aromatic rings. The first-order valence-corrected chi connectivity index (χ1v) is 16.9. The molecular formula is C44H26N2S. The molecule has 0 saturated heterocycles. The molecule has 0 N–H and O–H groups in total. The van der Waals surface area contributed by atoms with E-state index in [2.05, 4.69) is 167 Å². The van der Waals surface area contributed by atoms with Gasteiger partial charge in [0.25, 0.3) is 0 Å². The monoisotopic (exact) mass is 614 g/mol. The average Bonchev–Trinajstić information content (AvgIpc) is 3.78. The van der Waals surface area contributed by atoms with Gasteiger partial charge in [0.15, 0.2) is 0 Å². The highest BCUT2D eigenvalue weighted by Gasteiger charge is 2.21. The van der Waals surface area contributed by atoms with E-state index < -0.39 is 0 Å². The number of para-hydroxylation sites is 2. The van der Waals surface area contributed by atoms with E-state index >= 15 is 0 Å². The Morgan fingerprint density at radius 3 is 1.94 bits per heavy atom. The predicted octanol–water partition coefficient (Wildman–Crippen LogP) is 12.6. The molecule has 0 radical (unpaired) electrons. The maximum absolute atomic E-state index is 2.51. The van der Waals surface area contributed by atoms with Crippen molar-refractivity contribution in [3.8, 4) is 11.4 Å². The third kappa shape index (κ3) is 3.44. The van der Waals surface area contributed by atoms with Crippen molar-refractivity contribution in [1.29, 1.82) is 0 Å². The lowest BCUT2D eigenvalue weighted by atomic mass is 10.0. The van der Waals surface area contributed by atoms with Crippen LogP contribution < -0.4 is 0 Å². The van der Waals surface area contributed by atoms with E-state index in [1.165, 1.54) is 96.7 Å². The Bertz CT molecular complexity index is 3070. The number of hydrogen-bond donors (Lipinski definition) is 0. The summed E-state index contributed by atoms with van der Waals surface area (Å²) in [6.45, 7) is 0. The first-order chi connectivity index (χ1) is 23.3. The maximum Gasteiger partial charge on any atom is 0.0641 e. The zero-order valence-electron chi connectivity index (χ0n) is 25.3. The van der Waals surface area contributed by atoms with Crippen LogP contribution in [-0.2, 0) is 0 Å². The molecule has 3 heterocycles. The number of nitrogens with zero attached hydrogens (tertiary/aromatic N) is 2. The van der Waals surface area contributed by atoms with Gasteiger partial charge in [-0.15, -0.1) is 11.3 Å². The highest BCUT2D eigenvalue weighted by molar-refractivity contribution is 7.26. The van der Waals surface area contributed by atoms with Crippen LogP contribution in [0, 0.1) is 0 Å². The van der Waals surface area contributed by atoms with Crippen molar-refractivity contribution in [2.45, 2.75) is 0 Å². The molecular weight excluding hydrogens is 589 g/mol. The van der Waals surface area contributed by atoms with Crippen molar-refractivity contribution < 1.29 is 0 Å². The van der Waals surface area contributed by atoms with Gasteiger partial charge in [-0.05, 0) is 70.1 Å². The Morgan fingerprint density at radius 1 is 0.362 bits per heavy atom. The Morgan fingerprint density at radius 2 is 1.06 bits per heavy atom. The Labute approximate surface area is 273 Å². The van der Waals surface area contributed by atoms with E-state index in [0.717, 1.165) is 0 Å². The van der Waals surface area contributed by atoms with E-state index in [1.807, 2.05) is 11.3 Å². The molecule has 0 atom stereocenters. The van der Waals surface area contributed by atoms with Crippen LogP contribution in [-0.4, -0.2) is 9.13 Å². The molecule has 0 aliphatic rings. The Balaban J connectivity index is 1.31. The molecule has 0 amide bonds. The number of thiophene rings is 1. The van der Waals surface area contributed by atoms with Crippen LogP contribution in [0.4, 0.5) is 0 Å². The summed E-state index contributed by atoms with van der Waals surface area (Å²) in [5.41, 5.74) is 7.28. The minimum Gasteiger partial charge on any atom is -0.309 e. The molecule has 0 bridgehead atoms. The van der Waals surface area contributed by atoms with Gasteiger partial charge in [-0.3, -0.25) is 0 Å². The summed E-state index contributed by atoms with van der Waals surface area (Å²) < 4.78 is 7.62. The van der Waals surface area contributed by atoms with E-state index in [9.17, 15) is 0 Å². The Kier molecular flexibility index (Phi) is 5.02. The highest BCUT2D eigenvalue weighted by atomic mass is 32.1. The zero-order valence-corrected chi connectivity index (χ0v) is 26.1. The molecule has 8 aromatic carbocycles. The van der Waals surface area contributed by atoms with Crippen molar-refractivity contribution in [2.75, 3.05) is 0 Å². The van der Waals surface area contributed by atoms with E-state index in [0.29, 0.717) is 0 Å². The normalized spacial score (nSPS) is 12.3. The number of fused-ring (bicyclic) bond motifs is 13. The molecule has 0 unspecified atom stereocenters. The molecule has 0 fully saturated rings. The van der Waals surface area contributed by atoms with Gasteiger partial charge in [0.1, 0.15) is 0 Å². The van der Waals surface area contributed by atoms with Gasteiger partial charge in [0.2, 0.25) is 0 Å². The fourth-order valence-corrected chi connectivity index (χ4v) is 9.27. The lowest BCUT2D eigenvalue weighted by Crippen LogP contribution is -1.95. The fraction of sp³-hybridized carbons (Fsp3) is 0. The summed E-state index contributed by atoms with van der Waals surface area (Å²) in [6.07, 6.45) is 0. The van der Waals surface area contributed by atoms with Crippen LogP contribution >= 0.6 is 11.3 Å². The SMILES string of the molecule is c1ccc(-n2c3cc4ccccc4cc3c3c2ccc2c4ccccc4n(-c4ccc5c(c4)sc4c6ccccc6ccc54)c23)cc1. The number of hydrogen-bond acceptors (Lipinski definition) is 1. The summed E-state index contributed by atoms with van der Waals surface area (Å²) in [4.78, 5) is 0. The van der Waals surface area contributed by atoms with Gasteiger partial charge < -0.3 is 9.13 Å². The summed E-state index contributed by atoms with van der Waals surface area (Å²) in [6, 6.07) is 58.2. The minimum atomic E-state index is 1.17. The second-order valence-corrected chi connectivity index (χ2v) is 13.6. The van der Waals surface area contributed by atoms with Crippen LogP contribution in [0.25, 0.3) is 96.7 Å². The minimum absolute atomic E-state index is 1.17. The average molecular weight is 615 g/mol. The van der Waals surface area contributed by atoms with Crippen molar-refractivity contribution in [1.82, 2.24) is 9.13 Å².